The third kappa shape index (κ3) is 2.40. The van der Waals surface area contributed by atoms with E-state index in [1.165, 1.54) is 10.8 Å². The van der Waals surface area contributed by atoms with Crippen molar-refractivity contribution in [3.63, 3.8) is 0 Å². The fraction of sp³-hybridized carbons (Fsp3) is 0.100. The van der Waals surface area contributed by atoms with Crippen LogP contribution >= 0.6 is 15.9 Å². The highest BCUT2D eigenvalue weighted by atomic mass is 127. The molecule has 1 heterocycles. The Labute approximate surface area is 103 Å². The van der Waals surface area contributed by atoms with Crippen LogP contribution in [0.3, 0.4) is 0 Å². The number of hydrogen-bond acceptors (Lipinski definition) is 0. The van der Waals surface area contributed by atoms with Gasteiger partial charge in [-0.05, 0) is 23.6 Å². The molecule has 1 aromatic heterocycles. The van der Waals surface area contributed by atoms with Gasteiger partial charge in [-0.25, -0.2) is 4.57 Å². The van der Waals surface area contributed by atoms with Gasteiger partial charge in [-0.3, -0.25) is 0 Å². The van der Waals surface area contributed by atoms with Crippen molar-refractivity contribution >= 4 is 26.7 Å². The van der Waals surface area contributed by atoms with E-state index in [-0.39, 0.29) is 24.0 Å². The van der Waals surface area contributed by atoms with Crippen molar-refractivity contribution < 1.29 is 28.5 Å². The fourth-order valence-electron chi connectivity index (χ4n) is 1.27. The molecule has 1 aromatic carbocycles. The van der Waals surface area contributed by atoms with Gasteiger partial charge >= 0.3 is 0 Å². The second kappa shape index (κ2) is 4.37. The van der Waals surface area contributed by atoms with Crippen LogP contribution in [0, 0.1) is 0 Å². The largest absolute Gasteiger partial charge is 1.00 e. The van der Waals surface area contributed by atoms with E-state index in [4.69, 9.17) is 0 Å². The third-order valence-corrected chi connectivity index (χ3v) is 2.37. The van der Waals surface area contributed by atoms with Crippen molar-refractivity contribution in [2.24, 2.45) is 7.05 Å². The lowest BCUT2D eigenvalue weighted by Crippen LogP contribution is -3.00. The number of pyridine rings is 1. The van der Waals surface area contributed by atoms with E-state index in [0.717, 1.165) is 4.47 Å². The summed E-state index contributed by atoms with van der Waals surface area (Å²) < 4.78 is 3.18. The number of aromatic nitrogens is 1. The van der Waals surface area contributed by atoms with Crippen molar-refractivity contribution in [2.45, 2.75) is 0 Å². The third-order valence-electron chi connectivity index (χ3n) is 1.88. The van der Waals surface area contributed by atoms with Crippen molar-refractivity contribution in [3.8, 4) is 0 Å². The van der Waals surface area contributed by atoms with Gasteiger partial charge in [0.1, 0.15) is 7.05 Å². The monoisotopic (exact) mass is 349 g/mol. The van der Waals surface area contributed by atoms with Gasteiger partial charge in [0, 0.05) is 15.9 Å². The summed E-state index contributed by atoms with van der Waals surface area (Å²) in [7, 11) is 2.03. The van der Waals surface area contributed by atoms with Crippen LogP contribution in [0.5, 0.6) is 0 Å². The minimum atomic E-state index is 0. The maximum Gasteiger partial charge on any atom is 0.176 e. The maximum absolute atomic E-state index is 3.44. The summed E-state index contributed by atoms with van der Waals surface area (Å²) in [6.45, 7) is 0. The van der Waals surface area contributed by atoms with E-state index >= 15 is 0 Å². The van der Waals surface area contributed by atoms with Gasteiger partial charge in [-0.2, -0.15) is 0 Å². The molecular weight excluding hydrogens is 341 g/mol. The molecule has 0 bridgehead atoms. The van der Waals surface area contributed by atoms with Gasteiger partial charge < -0.3 is 24.0 Å². The number of halogens is 2. The predicted molar refractivity (Wildman–Crippen MR) is 52.8 cm³/mol. The van der Waals surface area contributed by atoms with Crippen molar-refractivity contribution in [3.05, 3.63) is 41.1 Å². The maximum atomic E-state index is 3.44. The number of hydrogen-bond donors (Lipinski definition) is 0. The molecule has 0 radical (unpaired) electrons. The molecule has 0 aliphatic carbocycles. The second-order valence-electron chi connectivity index (χ2n) is 2.88. The van der Waals surface area contributed by atoms with Crippen LogP contribution in [0.2, 0.25) is 0 Å². The second-order valence-corrected chi connectivity index (χ2v) is 3.80. The van der Waals surface area contributed by atoms with Gasteiger partial charge in [-0.1, -0.05) is 15.9 Å². The Morgan fingerprint density at radius 3 is 2.69 bits per heavy atom. The molecule has 0 saturated heterocycles. The molecule has 0 saturated carbocycles. The quantitative estimate of drug-likeness (QED) is 0.443. The summed E-state index contributed by atoms with van der Waals surface area (Å²) in [6.07, 6.45) is 4.16. The number of benzene rings is 1. The summed E-state index contributed by atoms with van der Waals surface area (Å²) in [4.78, 5) is 0. The lowest BCUT2D eigenvalue weighted by molar-refractivity contribution is -0.670. The summed E-state index contributed by atoms with van der Waals surface area (Å²) >= 11 is 3.44. The zero-order valence-electron chi connectivity index (χ0n) is 7.17. The SMILES string of the molecule is C[n+]1ccc2cc(Br)ccc2c1.[I-]. The molecule has 0 aliphatic rings. The van der Waals surface area contributed by atoms with E-state index < -0.39 is 0 Å². The summed E-state index contributed by atoms with van der Waals surface area (Å²) in [6, 6.07) is 8.40. The molecule has 0 amide bonds. The summed E-state index contributed by atoms with van der Waals surface area (Å²) in [5, 5.41) is 2.53. The van der Waals surface area contributed by atoms with E-state index in [9.17, 15) is 0 Å². The first-order valence-electron chi connectivity index (χ1n) is 3.80. The van der Waals surface area contributed by atoms with Crippen LogP contribution in [-0.4, -0.2) is 0 Å². The lowest BCUT2D eigenvalue weighted by Gasteiger charge is -1.95. The Morgan fingerprint density at radius 1 is 1.15 bits per heavy atom. The Kier molecular flexibility index (Phi) is 3.67. The Balaban J connectivity index is 0.000000845. The van der Waals surface area contributed by atoms with Crippen LogP contribution in [0.4, 0.5) is 0 Å². The van der Waals surface area contributed by atoms with Crippen LogP contribution in [0.25, 0.3) is 10.8 Å². The predicted octanol–water partition coefficient (Wildman–Crippen LogP) is -0.569. The Morgan fingerprint density at radius 2 is 1.92 bits per heavy atom. The minimum absolute atomic E-state index is 0. The highest BCUT2D eigenvalue weighted by Gasteiger charge is 1.97. The topological polar surface area (TPSA) is 3.88 Å². The summed E-state index contributed by atoms with van der Waals surface area (Å²) in [5.74, 6) is 0. The number of nitrogens with zero attached hydrogens (tertiary/aromatic N) is 1. The van der Waals surface area contributed by atoms with E-state index in [1.54, 1.807) is 0 Å². The average molecular weight is 350 g/mol. The molecule has 0 unspecified atom stereocenters. The zero-order chi connectivity index (χ0) is 8.55. The smallest absolute Gasteiger partial charge is 0.176 e. The lowest BCUT2D eigenvalue weighted by atomic mass is 10.2. The Bertz CT molecular complexity index is 387. The van der Waals surface area contributed by atoms with Crippen LogP contribution < -0.4 is 28.5 Å². The van der Waals surface area contributed by atoms with Gasteiger partial charge in [0.2, 0.25) is 0 Å². The van der Waals surface area contributed by atoms with E-state index in [0.29, 0.717) is 0 Å². The normalized spacial score (nSPS) is 9.69. The highest BCUT2D eigenvalue weighted by molar-refractivity contribution is 9.10. The fourth-order valence-corrected chi connectivity index (χ4v) is 1.65. The number of aryl methyl sites for hydroxylation is 1. The number of fused-ring (bicyclic) bond motifs is 1. The first-order chi connectivity index (χ1) is 5.75. The summed E-state index contributed by atoms with van der Waals surface area (Å²) in [5.41, 5.74) is 0. The highest BCUT2D eigenvalue weighted by Crippen LogP contribution is 2.17. The molecule has 2 aromatic rings. The molecule has 2 rings (SSSR count). The molecule has 0 N–H and O–H groups in total. The van der Waals surface area contributed by atoms with Gasteiger partial charge in [-0.15, -0.1) is 0 Å². The van der Waals surface area contributed by atoms with Gasteiger partial charge in [0.25, 0.3) is 0 Å². The minimum Gasteiger partial charge on any atom is -1.00 e. The van der Waals surface area contributed by atoms with Crippen LogP contribution in [0.1, 0.15) is 0 Å². The number of rotatable bonds is 0. The van der Waals surface area contributed by atoms with Crippen LogP contribution in [0.15, 0.2) is 41.1 Å². The molecule has 1 nitrogen and oxygen atoms in total. The first kappa shape index (κ1) is 10.9. The zero-order valence-corrected chi connectivity index (χ0v) is 10.9. The molecule has 0 aliphatic heterocycles. The molecule has 0 spiro atoms. The van der Waals surface area contributed by atoms with E-state index in [2.05, 4.69) is 57.2 Å². The van der Waals surface area contributed by atoms with Crippen molar-refractivity contribution in [2.75, 3.05) is 0 Å². The molecule has 68 valence electrons. The molecule has 13 heavy (non-hydrogen) atoms. The molecular formula is C10H9BrIN. The van der Waals surface area contributed by atoms with Gasteiger partial charge in [0.05, 0.1) is 0 Å². The average Bonchev–Trinajstić information content (AvgIpc) is 2.05. The van der Waals surface area contributed by atoms with Crippen molar-refractivity contribution in [1.82, 2.24) is 0 Å². The van der Waals surface area contributed by atoms with Crippen molar-refractivity contribution in [1.29, 1.82) is 0 Å². The van der Waals surface area contributed by atoms with Gasteiger partial charge in [0.15, 0.2) is 12.4 Å². The molecule has 0 fully saturated rings. The molecule has 3 heteroatoms. The standard InChI is InChI=1S/C10H9BrN.HI/c1-12-5-4-8-6-10(11)3-2-9(8)7-12;/h2-7H,1H3;1H/q+1;/p-1. The van der Waals surface area contributed by atoms with E-state index in [1.807, 2.05) is 7.05 Å². The Hall–Kier alpha value is -0.160. The van der Waals surface area contributed by atoms with Crippen LogP contribution in [-0.2, 0) is 7.05 Å². The first-order valence-corrected chi connectivity index (χ1v) is 4.59. The molecule has 0 atom stereocenters.